The number of rotatable bonds is 5. The molecule has 0 unspecified atom stereocenters. The molecule has 1 aliphatic heterocycles. The van der Waals surface area contributed by atoms with Gasteiger partial charge in [0.25, 0.3) is 0 Å². The van der Waals surface area contributed by atoms with Crippen LogP contribution in [0.5, 0.6) is 0 Å². The number of nitrogens with zero attached hydrogens (tertiary/aromatic N) is 2. The van der Waals surface area contributed by atoms with Crippen LogP contribution in [0.3, 0.4) is 0 Å². The number of halogens is 1. The van der Waals surface area contributed by atoms with E-state index in [9.17, 15) is 9.59 Å². The van der Waals surface area contributed by atoms with Crippen molar-refractivity contribution in [1.29, 1.82) is 0 Å². The van der Waals surface area contributed by atoms with Crippen LogP contribution < -0.4 is 10.2 Å². The van der Waals surface area contributed by atoms with Gasteiger partial charge in [0.15, 0.2) is 0 Å². The Hall–Kier alpha value is -3.18. The second-order valence-corrected chi connectivity index (χ2v) is 7.37. The molecule has 0 aliphatic carbocycles. The largest absolute Gasteiger partial charge is 0.343 e. The quantitative estimate of drug-likeness (QED) is 0.698. The molecular weight excluding hydrogens is 386 g/mol. The molecule has 1 aromatic heterocycles. The van der Waals surface area contributed by atoms with Gasteiger partial charge in [0.05, 0.1) is 28.4 Å². The van der Waals surface area contributed by atoms with Crippen LogP contribution >= 0.6 is 11.6 Å². The summed E-state index contributed by atoms with van der Waals surface area (Å²) in [5, 5.41) is 3.58. The Morgan fingerprint density at radius 3 is 2.48 bits per heavy atom. The summed E-state index contributed by atoms with van der Waals surface area (Å²) in [5.41, 5.74) is 2.32. The van der Waals surface area contributed by atoms with E-state index in [4.69, 9.17) is 11.6 Å². The van der Waals surface area contributed by atoms with Crippen LogP contribution in [-0.4, -0.2) is 23.3 Å². The minimum absolute atomic E-state index is 0.104. The number of hydrogen-bond acceptors (Lipinski definition) is 3. The Morgan fingerprint density at radius 2 is 1.76 bits per heavy atom. The zero-order valence-corrected chi connectivity index (χ0v) is 16.4. The van der Waals surface area contributed by atoms with Gasteiger partial charge in [-0.05, 0) is 29.8 Å². The molecule has 1 saturated heterocycles. The van der Waals surface area contributed by atoms with Crippen molar-refractivity contribution in [2.75, 3.05) is 11.4 Å². The van der Waals surface area contributed by atoms with Crippen molar-refractivity contribution in [1.82, 2.24) is 10.3 Å². The highest BCUT2D eigenvalue weighted by Crippen LogP contribution is 2.31. The molecule has 1 aliphatic rings. The molecule has 29 heavy (non-hydrogen) atoms. The Balaban J connectivity index is 1.54. The number of hydrogen-bond donors (Lipinski definition) is 1. The van der Waals surface area contributed by atoms with Crippen LogP contribution in [0.4, 0.5) is 5.69 Å². The van der Waals surface area contributed by atoms with Gasteiger partial charge < -0.3 is 10.2 Å². The van der Waals surface area contributed by atoms with Crippen molar-refractivity contribution in [2.45, 2.75) is 12.5 Å². The number of anilines is 1. The van der Waals surface area contributed by atoms with E-state index in [0.717, 1.165) is 11.3 Å². The van der Waals surface area contributed by atoms with Gasteiger partial charge in [-0.15, -0.1) is 0 Å². The number of carbonyl (C=O) groups is 2. The van der Waals surface area contributed by atoms with Crippen LogP contribution in [0.15, 0.2) is 79.0 Å². The zero-order valence-electron chi connectivity index (χ0n) is 15.7. The SMILES string of the molecule is O=C(N[C@@H](c1ccccc1)c1ccccn1)[C@H]1CC(=O)N(c2ccccc2Cl)C1. The summed E-state index contributed by atoms with van der Waals surface area (Å²) in [4.78, 5) is 31.6. The molecule has 146 valence electrons. The summed E-state index contributed by atoms with van der Waals surface area (Å²) in [6.07, 6.45) is 1.86. The molecule has 3 aromatic rings. The second-order valence-electron chi connectivity index (χ2n) is 6.96. The van der Waals surface area contributed by atoms with E-state index >= 15 is 0 Å². The number of carbonyl (C=O) groups excluding carboxylic acids is 2. The minimum atomic E-state index is -0.450. The molecule has 5 nitrogen and oxygen atoms in total. The van der Waals surface area contributed by atoms with Gasteiger partial charge in [-0.3, -0.25) is 14.6 Å². The van der Waals surface area contributed by atoms with Crippen molar-refractivity contribution in [3.63, 3.8) is 0 Å². The van der Waals surface area contributed by atoms with Crippen LogP contribution in [0.2, 0.25) is 5.02 Å². The van der Waals surface area contributed by atoms with Crippen molar-refractivity contribution in [2.24, 2.45) is 5.92 Å². The summed E-state index contributed by atoms with van der Waals surface area (Å²) >= 11 is 6.24. The second kappa shape index (κ2) is 8.45. The lowest BCUT2D eigenvalue weighted by molar-refractivity contribution is -0.126. The van der Waals surface area contributed by atoms with Crippen LogP contribution in [0.1, 0.15) is 23.7 Å². The van der Waals surface area contributed by atoms with E-state index in [-0.39, 0.29) is 24.3 Å². The topological polar surface area (TPSA) is 62.3 Å². The van der Waals surface area contributed by atoms with E-state index in [1.165, 1.54) is 0 Å². The Kier molecular flexibility index (Phi) is 5.58. The van der Waals surface area contributed by atoms with E-state index in [0.29, 0.717) is 17.3 Å². The van der Waals surface area contributed by atoms with E-state index in [1.54, 1.807) is 23.2 Å². The summed E-state index contributed by atoms with van der Waals surface area (Å²) in [5.74, 6) is -0.728. The van der Waals surface area contributed by atoms with Gasteiger partial charge in [0.2, 0.25) is 11.8 Å². The van der Waals surface area contributed by atoms with Crippen molar-refractivity contribution in [3.05, 3.63) is 95.3 Å². The maximum absolute atomic E-state index is 13.1. The maximum Gasteiger partial charge on any atom is 0.227 e. The molecule has 2 aromatic carbocycles. The predicted molar refractivity (Wildman–Crippen MR) is 113 cm³/mol. The number of aromatic nitrogens is 1. The first-order valence-electron chi connectivity index (χ1n) is 9.44. The third-order valence-corrected chi connectivity index (χ3v) is 5.36. The smallest absolute Gasteiger partial charge is 0.227 e. The number of nitrogens with one attached hydrogen (secondary N) is 1. The third kappa shape index (κ3) is 4.15. The standard InChI is InChI=1S/C23H20ClN3O2/c24-18-10-4-5-12-20(18)27-15-17(14-21(27)28)23(29)26-22(16-8-2-1-3-9-16)19-11-6-7-13-25-19/h1-13,17,22H,14-15H2,(H,26,29)/t17-,22-/m0/s1. The maximum atomic E-state index is 13.1. The van der Waals surface area contributed by atoms with E-state index < -0.39 is 5.92 Å². The lowest BCUT2D eigenvalue weighted by atomic mass is 10.0. The van der Waals surface area contributed by atoms with Gasteiger partial charge >= 0.3 is 0 Å². The predicted octanol–water partition coefficient (Wildman–Crippen LogP) is 3.99. The van der Waals surface area contributed by atoms with Gasteiger partial charge in [-0.2, -0.15) is 0 Å². The monoisotopic (exact) mass is 405 g/mol. The fraction of sp³-hybridized carbons (Fsp3) is 0.174. The van der Waals surface area contributed by atoms with Gasteiger partial charge in [0.1, 0.15) is 0 Å². The molecule has 2 heterocycles. The van der Waals surface area contributed by atoms with E-state index in [1.807, 2.05) is 60.7 Å². The minimum Gasteiger partial charge on any atom is -0.343 e. The molecule has 4 rings (SSSR count). The lowest BCUT2D eigenvalue weighted by Gasteiger charge is -2.21. The first-order chi connectivity index (χ1) is 14.1. The molecule has 6 heteroatoms. The molecule has 0 radical (unpaired) electrons. The Morgan fingerprint density at radius 1 is 1.03 bits per heavy atom. The van der Waals surface area contributed by atoms with Crippen molar-refractivity contribution in [3.8, 4) is 0 Å². The van der Waals surface area contributed by atoms with Crippen LogP contribution in [0.25, 0.3) is 0 Å². The molecular formula is C23H20ClN3O2. The zero-order chi connectivity index (χ0) is 20.2. The molecule has 0 spiro atoms. The van der Waals surface area contributed by atoms with Crippen molar-refractivity contribution < 1.29 is 9.59 Å². The molecule has 2 amide bonds. The fourth-order valence-electron chi connectivity index (χ4n) is 3.57. The lowest BCUT2D eigenvalue weighted by Crippen LogP contribution is -2.36. The molecule has 0 bridgehead atoms. The first-order valence-corrected chi connectivity index (χ1v) is 9.82. The van der Waals surface area contributed by atoms with Crippen LogP contribution in [0, 0.1) is 5.92 Å². The van der Waals surface area contributed by atoms with Gasteiger partial charge in [0, 0.05) is 19.2 Å². The third-order valence-electron chi connectivity index (χ3n) is 5.04. The molecule has 1 fully saturated rings. The number of pyridine rings is 1. The molecule has 2 atom stereocenters. The van der Waals surface area contributed by atoms with Gasteiger partial charge in [-0.1, -0.05) is 60.1 Å². The highest BCUT2D eigenvalue weighted by atomic mass is 35.5. The number of amides is 2. The van der Waals surface area contributed by atoms with Crippen LogP contribution in [-0.2, 0) is 9.59 Å². The fourth-order valence-corrected chi connectivity index (χ4v) is 3.80. The van der Waals surface area contributed by atoms with E-state index in [2.05, 4.69) is 10.3 Å². The summed E-state index contributed by atoms with van der Waals surface area (Å²) in [6.45, 7) is 0.304. The number of para-hydroxylation sites is 1. The molecule has 1 N–H and O–H groups in total. The Bertz CT molecular complexity index is 971. The van der Waals surface area contributed by atoms with Crippen molar-refractivity contribution >= 4 is 29.1 Å². The summed E-state index contributed by atoms with van der Waals surface area (Å²) in [7, 11) is 0. The van der Waals surface area contributed by atoms with Gasteiger partial charge in [-0.25, -0.2) is 0 Å². The first kappa shape index (κ1) is 19.2. The number of benzene rings is 2. The Labute approximate surface area is 174 Å². The highest BCUT2D eigenvalue weighted by molar-refractivity contribution is 6.33. The highest BCUT2D eigenvalue weighted by Gasteiger charge is 2.36. The average Bonchev–Trinajstić information content (AvgIpc) is 3.15. The normalized spacial score (nSPS) is 17.2. The molecule has 0 saturated carbocycles. The summed E-state index contributed by atoms with van der Waals surface area (Å²) < 4.78 is 0. The average molecular weight is 406 g/mol. The summed E-state index contributed by atoms with van der Waals surface area (Å²) in [6, 6.07) is 22.1.